The molecule has 0 aliphatic carbocycles. The predicted octanol–water partition coefficient (Wildman–Crippen LogP) is 2.40. The fourth-order valence-corrected chi connectivity index (χ4v) is 1.03. The number of rotatable bonds is 5. The number of hydrogen-bond donors (Lipinski definition) is 0. The smallest absolute Gasteiger partial charge is 0.120 e. The van der Waals surface area contributed by atoms with Crippen LogP contribution in [-0.4, -0.2) is 6.29 Å². The molecule has 9 heavy (non-hydrogen) atoms. The van der Waals surface area contributed by atoms with Crippen molar-refractivity contribution in [1.29, 1.82) is 0 Å². The third kappa shape index (κ3) is 4.19. The summed E-state index contributed by atoms with van der Waals surface area (Å²) in [6, 6.07) is 0. The minimum Gasteiger partial charge on any atom is -0.303 e. The van der Waals surface area contributed by atoms with Crippen molar-refractivity contribution in [2.24, 2.45) is 5.92 Å². The highest BCUT2D eigenvalue weighted by atomic mass is 16.1. The maximum atomic E-state index is 10.0. The molecule has 54 valence electrons. The fourth-order valence-electron chi connectivity index (χ4n) is 1.03. The van der Waals surface area contributed by atoms with E-state index in [2.05, 4.69) is 13.8 Å². The number of hydrogen-bond acceptors (Lipinski definition) is 1. The van der Waals surface area contributed by atoms with E-state index in [1.165, 1.54) is 12.8 Å². The molecule has 1 unspecified atom stereocenters. The molecule has 0 saturated heterocycles. The molecule has 0 N–H and O–H groups in total. The molecule has 1 heteroatoms. The average molecular weight is 128 g/mol. The molecule has 1 nitrogen and oxygen atoms in total. The summed E-state index contributed by atoms with van der Waals surface area (Å²) in [5.41, 5.74) is 0. The minimum absolute atomic E-state index is 0.646. The van der Waals surface area contributed by atoms with Gasteiger partial charge in [0.15, 0.2) is 0 Å². The summed E-state index contributed by atoms with van der Waals surface area (Å²) >= 11 is 0. The minimum atomic E-state index is 0.646. The molecule has 0 saturated carbocycles. The number of carbonyl (C=O) groups excluding carboxylic acids is 1. The molecule has 0 aromatic rings. The summed E-state index contributed by atoms with van der Waals surface area (Å²) in [6.07, 6.45) is 5.34. The van der Waals surface area contributed by atoms with Gasteiger partial charge in [-0.2, -0.15) is 0 Å². The Kier molecular flexibility index (Phi) is 5.59. The second kappa shape index (κ2) is 5.80. The fraction of sp³-hybridized carbons (Fsp3) is 0.875. The quantitative estimate of drug-likeness (QED) is 0.519. The van der Waals surface area contributed by atoms with E-state index < -0.39 is 0 Å². The van der Waals surface area contributed by atoms with Gasteiger partial charge in [-0.1, -0.05) is 33.1 Å². The van der Waals surface area contributed by atoms with Gasteiger partial charge < -0.3 is 4.79 Å². The van der Waals surface area contributed by atoms with Crippen LogP contribution in [0.25, 0.3) is 0 Å². The predicted molar refractivity (Wildman–Crippen MR) is 39.4 cm³/mol. The van der Waals surface area contributed by atoms with Crippen LogP contribution in [0.1, 0.15) is 39.5 Å². The van der Waals surface area contributed by atoms with Gasteiger partial charge in [0, 0.05) is 6.42 Å². The van der Waals surface area contributed by atoms with Crippen LogP contribution >= 0.6 is 0 Å². The van der Waals surface area contributed by atoms with Crippen LogP contribution in [0, 0.1) is 5.92 Å². The van der Waals surface area contributed by atoms with Gasteiger partial charge in [0.1, 0.15) is 6.29 Å². The maximum Gasteiger partial charge on any atom is 0.120 e. The van der Waals surface area contributed by atoms with Gasteiger partial charge in [0.2, 0.25) is 0 Å². The zero-order valence-electron chi connectivity index (χ0n) is 6.39. The lowest BCUT2D eigenvalue weighted by Gasteiger charge is -2.07. The molecule has 0 aliphatic heterocycles. The van der Waals surface area contributed by atoms with Crippen LogP contribution in [-0.2, 0) is 4.79 Å². The Balaban J connectivity index is 3.28. The van der Waals surface area contributed by atoms with Crippen molar-refractivity contribution in [3.05, 3.63) is 0 Å². The lowest BCUT2D eigenvalue weighted by atomic mass is 9.98. The standard InChI is InChI=1S/C8H16O/c1-3-5-8(4-2)6-7-9/h7-8H,3-6H2,1-2H3. The largest absolute Gasteiger partial charge is 0.303 e. The first-order valence-electron chi connectivity index (χ1n) is 3.78. The Morgan fingerprint density at radius 3 is 2.44 bits per heavy atom. The van der Waals surface area contributed by atoms with Crippen molar-refractivity contribution in [1.82, 2.24) is 0 Å². The number of aldehydes is 1. The van der Waals surface area contributed by atoms with Crippen LogP contribution in [0.3, 0.4) is 0 Å². The zero-order valence-corrected chi connectivity index (χ0v) is 6.39. The second-order valence-electron chi connectivity index (χ2n) is 2.47. The zero-order chi connectivity index (χ0) is 7.11. The Morgan fingerprint density at radius 2 is 2.11 bits per heavy atom. The van der Waals surface area contributed by atoms with Crippen LogP contribution < -0.4 is 0 Å². The summed E-state index contributed by atoms with van der Waals surface area (Å²) in [5, 5.41) is 0. The molecule has 0 aromatic carbocycles. The molecule has 0 aliphatic rings. The van der Waals surface area contributed by atoms with Gasteiger partial charge >= 0.3 is 0 Å². The Morgan fingerprint density at radius 1 is 1.44 bits per heavy atom. The first-order chi connectivity index (χ1) is 4.35. The van der Waals surface area contributed by atoms with E-state index >= 15 is 0 Å². The second-order valence-corrected chi connectivity index (χ2v) is 2.47. The highest BCUT2D eigenvalue weighted by Crippen LogP contribution is 2.12. The van der Waals surface area contributed by atoms with E-state index in [4.69, 9.17) is 0 Å². The van der Waals surface area contributed by atoms with Crippen molar-refractivity contribution in [2.75, 3.05) is 0 Å². The van der Waals surface area contributed by atoms with Crippen molar-refractivity contribution in [2.45, 2.75) is 39.5 Å². The monoisotopic (exact) mass is 128 g/mol. The van der Waals surface area contributed by atoms with Gasteiger partial charge in [-0.3, -0.25) is 0 Å². The molecule has 1 atom stereocenters. The molecule has 0 heterocycles. The van der Waals surface area contributed by atoms with Gasteiger partial charge in [0.25, 0.3) is 0 Å². The topological polar surface area (TPSA) is 17.1 Å². The lowest BCUT2D eigenvalue weighted by Crippen LogP contribution is -1.97. The summed E-state index contributed by atoms with van der Waals surface area (Å²) in [4.78, 5) is 10.0. The molecule has 0 rings (SSSR count). The Bertz CT molecular complexity index is 69.0. The van der Waals surface area contributed by atoms with Crippen LogP contribution in [0.2, 0.25) is 0 Å². The van der Waals surface area contributed by atoms with Gasteiger partial charge in [-0.15, -0.1) is 0 Å². The molecule has 0 spiro atoms. The van der Waals surface area contributed by atoms with E-state index in [-0.39, 0.29) is 0 Å². The van der Waals surface area contributed by atoms with E-state index in [0.29, 0.717) is 5.92 Å². The van der Waals surface area contributed by atoms with E-state index in [9.17, 15) is 4.79 Å². The van der Waals surface area contributed by atoms with Crippen LogP contribution in [0.5, 0.6) is 0 Å². The molecular formula is C8H16O. The van der Waals surface area contributed by atoms with Crippen molar-refractivity contribution in [3.63, 3.8) is 0 Å². The molecule has 0 radical (unpaired) electrons. The van der Waals surface area contributed by atoms with Gasteiger partial charge in [-0.05, 0) is 5.92 Å². The van der Waals surface area contributed by atoms with Crippen molar-refractivity contribution in [3.8, 4) is 0 Å². The SMILES string of the molecule is CCCC(CC)CC=O. The molecule has 0 bridgehead atoms. The van der Waals surface area contributed by atoms with Crippen LogP contribution in [0.4, 0.5) is 0 Å². The molecule has 0 fully saturated rings. The summed E-state index contributed by atoms with van der Waals surface area (Å²) in [5.74, 6) is 0.646. The number of carbonyl (C=O) groups is 1. The highest BCUT2D eigenvalue weighted by Gasteiger charge is 2.01. The third-order valence-corrected chi connectivity index (χ3v) is 1.70. The summed E-state index contributed by atoms with van der Waals surface area (Å²) in [7, 11) is 0. The Labute approximate surface area is 57.5 Å². The molecule has 0 amide bonds. The molecule has 0 aromatic heterocycles. The highest BCUT2D eigenvalue weighted by molar-refractivity contribution is 5.49. The van der Waals surface area contributed by atoms with E-state index in [1.807, 2.05) is 0 Å². The maximum absolute atomic E-state index is 10.0. The van der Waals surface area contributed by atoms with E-state index in [0.717, 1.165) is 19.1 Å². The third-order valence-electron chi connectivity index (χ3n) is 1.70. The first kappa shape index (κ1) is 8.67. The Hall–Kier alpha value is -0.330. The first-order valence-corrected chi connectivity index (χ1v) is 3.78. The van der Waals surface area contributed by atoms with Crippen molar-refractivity contribution >= 4 is 6.29 Å². The van der Waals surface area contributed by atoms with Gasteiger partial charge in [0.05, 0.1) is 0 Å². The normalized spacial score (nSPS) is 13.1. The van der Waals surface area contributed by atoms with Gasteiger partial charge in [-0.25, -0.2) is 0 Å². The molecular weight excluding hydrogens is 112 g/mol. The summed E-state index contributed by atoms with van der Waals surface area (Å²) in [6.45, 7) is 4.30. The van der Waals surface area contributed by atoms with Crippen molar-refractivity contribution < 1.29 is 4.79 Å². The average Bonchev–Trinajstić information content (AvgIpc) is 1.88. The van der Waals surface area contributed by atoms with E-state index in [1.54, 1.807) is 0 Å². The summed E-state index contributed by atoms with van der Waals surface area (Å²) < 4.78 is 0. The lowest BCUT2D eigenvalue weighted by molar-refractivity contribution is -0.108. The van der Waals surface area contributed by atoms with Crippen LogP contribution in [0.15, 0.2) is 0 Å².